The molecular weight excluding hydrogens is 228 g/mol. The summed E-state index contributed by atoms with van der Waals surface area (Å²) in [7, 11) is 0. The van der Waals surface area contributed by atoms with Gasteiger partial charge in [0, 0.05) is 31.4 Å². The van der Waals surface area contributed by atoms with E-state index in [1.165, 1.54) is 5.56 Å². The van der Waals surface area contributed by atoms with Crippen molar-refractivity contribution in [2.75, 3.05) is 0 Å². The molecule has 0 amide bonds. The lowest BCUT2D eigenvalue weighted by atomic mass is 10.3. The highest BCUT2D eigenvalue weighted by atomic mass is 16.5. The molecule has 0 unspecified atom stereocenters. The highest BCUT2D eigenvalue weighted by Gasteiger charge is 2.05. The third-order valence-corrected chi connectivity index (χ3v) is 2.66. The van der Waals surface area contributed by atoms with Crippen LogP contribution in [-0.4, -0.2) is 20.7 Å². The van der Waals surface area contributed by atoms with Gasteiger partial charge in [0.05, 0.1) is 6.54 Å². The molecule has 18 heavy (non-hydrogen) atoms. The van der Waals surface area contributed by atoms with Gasteiger partial charge in [-0.05, 0) is 11.6 Å². The second kappa shape index (κ2) is 5.82. The van der Waals surface area contributed by atoms with E-state index in [1.807, 2.05) is 13.1 Å². The first-order valence-corrected chi connectivity index (χ1v) is 6.37. The minimum atomic E-state index is 0.498. The number of rotatable bonds is 6. The molecule has 0 saturated carbocycles. The van der Waals surface area contributed by atoms with Crippen molar-refractivity contribution in [1.29, 1.82) is 0 Å². The summed E-state index contributed by atoms with van der Waals surface area (Å²) in [6.07, 6.45) is 4.93. The van der Waals surface area contributed by atoms with Crippen molar-refractivity contribution in [2.24, 2.45) is 0 Å². The van der Waals surface area contributed by atoms with Crippen LogP contribution >= 0.6 is 0 Å². The van der Waals surface area contributed by atoms with Gasteiger partial charge in [-0.15, -0.1) is 0 Å². The van der Waals surface area contributed by atoms with E-state index in [9.17, 15) is 0 Å². The highest BCUT2D eigenvalue weighted by molar-refractivity contribution is 5.11. The van der Waals surface area contributed by atoms with Gasteiger partial charge in [-0.3, -0.25) is 0 Å². The predicted octanol–water partition coefficient (Wildman–Crippen LogP) is 1.98. The van der Waals surface area contributed by atoms with Crippen molar-refractivity contribution < 1.29 is 4.52 Å². The standard InChI is InChI=1S/C13H20N4O/c1-4-13-15-12(16-18-13)9-17-6-5-11(8-17)7-14-10(2)3/h5-6,8,10,14H,4,7,9H2,1-3H3. The molecule has 2 aromatic rings. The van der Waals surface area contributed by atoms with Crippen molar-refractivity contribution >= 4 is 0 Å². The monoisotopic (exact) mass is 248 g/mol. The summed E-state index contributed by atoms with van der Waals surface area (Å²) in [6, 6.07) is 2.61. The van der Waals surface area contributed by atoms with Crippen LogP contribution in [0.1, 0.15) is 38.0 Å². The van der Waals surface area contributed by atoms with Crippen molar-refractivity contribution in [3.63, 3.8) is 0 Å². The van der Waals surface area contributed by atoms with Crippen LogP contribution in [0.5, 0.6) is 0 Å². The van der Waals surface area contributed by atoms with Crippen LogP contribution < -0.4 is 5.32 Å². The van der Waals surface area contributed by atoms with E-state index in [1.54, 1.807) is 0 Å². The molecular formula is C13H20N4O. The summed E-state index contributed by atoms with van der Waals surface area (Å²) in [5, 5.41) is 7.33. The van der Waals surface area contributed by atoms with Crippen molar-refractivity contribution in [2.45, 2.75) is 46.3 Å². The molecule has 0 aliphatic rings. The maximum absolute atomic E-state index is 5.08. The number of hydrogen-bond donors (Lipinski definition) is 1. The Bertz CT molecular complexity index is 487. The Morgan fingerprint density at radius 3 is 2.94 bits per heavy atom. The Balaban J connectivity index is 1.93. The molecule has 0 aliphatic heterocycles. The van der Waals surface area contributed by atoms with Gasteiger partial charge in [0.25, 0.3) is 0 Å². The van der Waals surface area contributed by atoms with Crippen LogP contribution in [0.3, 0.4) is 0 Å². The normalized spacial score (nSPS) is 11.3. The van der Waals surface area contributed by atoms with E-state index in [4.69, 9.17) is 4.52 Å². The van der Waals surface area contributed by atoms with Crippen LogP contribution in [-0.2, 0) is 19.5 Å². The number of hydrogen-bond acceptors (Lipinski definition) is 4. The maximum Gasteiger partial charge on any atom is 0.226 e. The zero-order valence-corrected chi connectivity index (χ0v) is 11.2. The Labute approximate surface area is 107 Å². The lowest BCUT2D eigenvalue weighted by Gasteiger charge is -2.05. The number of nitrogens with one attached hydrogen (secondary N) is 1. The molecule has 0 radical (unpaired) electrons. The molecule has 0 saturated heterocycles. The van der Waals surface area contributed by atoms with E-state index in [0.29, 0.717) is 18.5 Å². The molecule has 5 nitrogen and oxygen atoms in total. The van der Waals surface area contributed by atoms with Crippen LogP contribution in [0.15, 0.2) is 23.0 Å². The van der Waals surface area contributed by atoms with Crippen molar-refractivity contribution in [1.82, 2.24) is 20.0 Å². The Kier molecular flexibility index (Phi) is 4.15. The molecule has 5 heteroatoms. The third kappa shape index (κ3) is 3.43. The Hall–Kier alpha value is -1.62. The van der Waals surface area contributed by atoms with Crippen LogP contribution in [0.2, 0.25) is 0 Å². The fourth-order valence-corrected chi connectivity index (χ4v) is 1.68. The van der Waals surface area contributed by atoms with Crippen LogP contribution in [0.25, 0.3) is 0 Å². The SMILES string of the molecule is CCc1nc(Cn2ccc(CNC(C)C)c2)no1. The Morgan fingerprint density at radius 1 is 1.44 bits per heavy atom. The number of nitrogens with zero attached hydrogens (tertiary/aromatic N) is 3. The van der Waals surface area contributed by atoms with E-state index < -0.39 is 0 Å². The van der Waals surface area contributed by atoms with Gasteiger partial charge in [0.1, 0.15) is 0 Å². The molecule has 2 aromatic heterocycles. The van der Waals surface area contributed by atoms with Gasteiger partial charge >= 0.3 is 0 Å². The average molecular weight is 248 g/mol. The first kappa shape index (κ1) is 12.8. The summed E-state index contributed by atoms with van der Waals surface area (Å²) in [5.74, 6) is 1.42. The molecule has 2 rings (SSSR count). The average Bonchev–Trinajstić information content (AvgIpc) is 2.96. The molecule has 0 aromatic carbocycles. The smallest absolute Gasteiger partial charge is 0.226 e. The molecule has 0 aliphatic carbocycles. The van der Waals surface area contributed by atoms with E-state index in [2.05, 4.69) is 46.1 Å². The lowest BCUT2D eigenvalue weighted by Crippen LogP contribution is -2.21. The quantitative estimate of drug-likeness (QED) is 0.849. The van der Waals surface area contributed by atoms with Gasteiger partial charge in [-0.25, -0.2) is 0 Å². The molecule has 0 atom stereocenters. The molecule has 0 fully saturated rings. The van der Waals surface area contributed by atoms with Gasteiger partial charge < -0.3 is 14.4 Å². The molecule has 0 bridgehead atoms. The van der Waals surface area contributed by atoms with Crippen LogP contribution in [0, 0.1) is 0 Å². The molecule has 98 valence electrons. The second-order valence-electron chi connectivity index (χ2n) is 4.69. The van der Waals surface area contributed by atoms with Crippen LogP contribution in [0.4, 0.5) is 0 Å². The van der Waals surface area contributed by atoms with E-state index in [0.717, 1.165) is 18.8 Å². The first-order chi connectivity index (χ1) is 8.67. The van der Waals surface area contributed by atoms with E-state index in [-0.39, 0.29) is 0 Å². The minimum absolute atomic E-state index is 0.498. The topological polar surface area (TPSA) is 55.9 Å². The summed E-state index contributed by atoms with van der Waals surface area (Å²) < 4.78 is 7.16. The second-order valence-corrected chi connectivity index (χ2v) is 4.69. The number of aryl methyl sites for hydroxylation is 1. The van der Waals surface area contributed by atoms with Gasteiger partial charge in [0.2, 0.25) is 5.89 Å². The number of aromatic nitrogens is 3. The summed E-state index contributed by atoms with van der Waals surface area (Å²) in [4.78, 5) is 4.29. The lowest BCUT2D eigenvalue weighted by molar-refractivity contribution is 0.375. The fourth-order valence-electron chi connectivity index (χ4n) is 1.68. The first-order valence-electron chi connectivity index (χ1n) is 6.37. The zero-order chi connectivity index (χ0) is 13.0. The predicted molar refractivity (Wildman–Crippen MR) is 69.2 cm³/mol. The van der Waals surface area contributed by atoms with Gasteiger partial charge in [0.15, 0.2) is 5.82 Å². The van der Waals surface area contributed by atoms with Gasteiger partial charge in [-0.1, -0.05) is 25.9 Å². The zero-order valence-electron chi connectivity index (χ0n) is 11.2. The van der Waals surface area contributed by atoms with Crippen molar-refractivity contribution in [3.8, 4) is 0 Å². The summed E-state index contributed by atoms with van der Waals surface area (Å²) in [5.41, 5.74) is 1.27. The van der Waals surface area contributed by atoms with E-state index >= 15 is 0 Å². The molecule has 2 heterocycles. The fraction of sp³-hybridized carbons (Fsp3) is 0.538. The van der Waals surface area contributed by atoms with Crippen molar-refractivity contribution in [3.05, 3.63) is 35.7 Å². The van der Waals surface area contributed by atoms with Gasteiger partial charge in [-0.2, -0.15) is 4.98 Å². The molecule has 1 N–H and O–H groups in total. The minimum Gasteiger partial charge on any atom is -0.346 e. The highest BCUT2D eigenvalue weighted by Crippen LogP contribution is 2.05. The summed E-state index contributed by atoms with van der Waals surface area (Å²) >= 11 is 0. The molecule has 0 spiro atoms. The maximum atomic E-state index is 5.08. The summed E-state index contributed by atoms with van der Waals surface area (Å²) in [6.45, 7) is 7.83. The third-order valence-electron chi connectivity index (χ3n) is 2.66. The Morgan fingerprint density at radius 2 is 2.28 bits per heavy atom. The largest absolute Gasteiger partial charge is 0.346 e.